The summed E-state index contributed by atoms with van der Waals surface area (Å²) in [6.45, 7) is 5.55. The van der Waals surface area contributed by atoms with Crippen molar-refractivity contribution in [2.75, 3.05) is 39.4 Å². The highest BCUT2D eigenvalue weighted by molar-refractivity contribution is 7.98. The number of amides is 1. The van der Waals surface area contributed by atoms with Crippen LogP contribution in [0.3, 0.4) is 0 Å². The number of rotatable bonds is 11. The Labute approximate surface area is 214 Å². The third-order valence-corrected chi connectivity index (χ3v) is 7.40. The second kappa shape index (κ2) is 13.1. The van der Waals surface area contributed by atoms with Crippen LogP contribution >= 0.6 is 23.4 Å². The van der Waals surface area contributed by atoms with Gasteiger partial charge in [-0.15, -0.1) is 0 Å². The molecule has 0 saturated carbocycles. The second-order valence-electron chi connectivity index (χ2n) is 8.51. The molecule has 0 aliphatic carbocycles. The minimum absolute atomic E-state index is 0.0130. The number of ether oxygens (including phenoxy) is 1. The Morgan fingerprint density at radius 2 is 1.83 bits per heavy atom. The Bertz CT molecular complexity index is 1200. The number of morpholine rings is 1. The van der Waals surface area contributed by atoms with Crippen molar-refractivity contribution in [1.82, 2.24) is 19.8 Å². The molecule has 1 fully saturated rings. The van der Waals surface area contributed by atoms with E-state index in [2.05, 4.69) is 10.2 Å². The van der Waals surface area contributed by atoms with Crippen LogP contribution in [0.1, 0.15) is 24.8 Å². The molecule has 7 nitrogen and oxygen atoms in total. The fraction of sp³-hybridized carbons (Fsp3) is 0.423. The summed E-state index contributed by atoms with van der Waals surface area (Å²) in [6.07, 6.45) is 1.85. The third-order valence-electron chi connectivity index (χ3n) is 6.00. The molecule has 2 aromatic carbocycles. The number of benzene rings is 2. The fourth-order valence-electron chi connectivity index (χ4n) is 4.05. The lowest BCUT2D eigenvalue weighted by atomic mass is 10.2. The van der Waals surface area contributed by atoms with Crippen LogP contribution in [0.25, 0.3) is 10.9 Å². The zero-order valence-electron chi connectivity index (χ0n) is 19.7. The standard InChI is InChI=1S/C26H31ClN4O3S/c27-22-9-3-1-7-20(22)19-35-26-29-23-10-4-2-8-21(23)25(33)31(26)14-5-11-24(32)28-12-6-13-30-15-17-34-18-16-30/h1-4,7-10H,5-6,11-19H2,(H,28,32). The number of carbonyl (C=O) groups excluding carboxylic acids is 1. The maximum atomic E-state index is 13.2. The van der Waals surface area contributed by atoms with Gasteiger partial charge in [0, 0.05) is 43.4 Å². The molecule has 0 unspecified atom stereocenters. The van der Waals surface area contributed by atoms with E-state index in [0.29, 0.717) is 52.8 Å². The lowest BCUT2D eigenvalue weighted by Crippen LogP contribution is -2.38. The number of thioether (sulfide) groups is 1. The van der Waals surface area contributed by atoms with Crippen molar-refractivity contribution in [3.8, 4) is 0 Å². The van der Waals surface area contributed by atoms with E-state index in [0.717, 1.165) is 44.8 Å². The smallest absolute Gasteiger partial charge is 0.262 e. The highest BCUT2D eigenvalue weighted by Gasteiger charge is 2.14. The Kier molecular flexibility index (Phi) is 9.59. The van der Waals surface area contributed by atoms with E-state index in [4.69, 9.17) is 21.3 Å². The molecule has 1 aliphatic rings. The van der Waals surface area contributed by atoms with Gasteiger partial charge in [0.05, 0.1) is 24.1 Å². The van der Waals surface area contributed by atoms with E-state index in [1.54, 1.807) is 10.6 Å². The van der Waals surface area contributed by atoms with Crippen LogP contribution in [0.15, 0.2) is 58.5 Å². The van der Waals surface area contributed by atoms with Gasteiger partial charge in [0.2, 0.25) is 5.91 Å². The molecule has 1 N–H and O–H groups in total. The summed E-state index contributed by atoms with van der Waals surface area (Å²) in [5.74, 6) is 0.618. The predicted molar refractivity (Wildman–Crippen MR) is 141 cm³/mol. The van der Waals surface area contributed by atoms with Gasteiger partial charge < -0.3 is 10.1 Å². The molecule has 1 aromatic heterocycles. The monoisotopic (exact) mass is 514 g/mol. The van der Waals surface area contributed by atoms with Gasteiger partial charge in [0.15, 0.2) is 5.16 Å². The first kappa shape index (κ1) is 25.7. The second-order valence-corrected chi connectivity index (χ2v) is 9.86. The van der Waals surface area contributed by atoms with Crippen LogP contribution in [0.4, 0.5) is 0 Å². The third kappa shape index (κ3) is 7.30. The number of nitrogens with zero attached hydrogens (tertiary/aromatic N) is 3. The molecule has 186 valence electrons. The van der Waals surface area contributed by atoms with Gasteiger partial charge >= 0.3 is 0 Å². The van der Waals surface area contributed by atoms with Gasteiger partial charge in [-0.3, -0.25) is 19.1 Å². The molecular weight excluding hydrogens is 484 g/mol. The first-order chi connectivity index (χ1) is 17.1. The number of fused-ring (bicyclic) bond motifs is 1. The normalized spacial score (nSPS) is 14.3. The molecule has 35 heavy (non-hydrogen) atoms. The number of halogens is 1. The molecule has 0 radical (unpaired) electrons. The number of carbonyl (C=O) groups is 1. The van der Waals surface area contributed by atoms with E-state index >= 15 is 0 Å². The van der Waals surface area contributed by atoms with Crippen LogP contribution in [-0.4, -0.2) is 59.8 Å². The van der Waals surface area contributed by atoms with Crippen molar-refractivity contribution in [3.05, 3.63) is 69.5 Å². The van der Waals surface area contributed by atoms with E-state index in [-0.39, 0.29) is 11.5 Å². The van der Waals surface area contributed by atoms with Crippen LogP contribution < -0.4 is 10.9 Å². The average Bonchev–Trinajstić information content (AvgIpc) is 2.88. The summed E-state index contributed by atoms with van der Waals surface area (Å²) < 4.78 is 7.05. The van der Waals surface area contributed by atoms with Crippen LogP contribution in [0.2, 0.25) is 5.02 Å². The molecule has 9 heteroatoms. The summed E-state index contributed by atoms with van der Waals surface area (Å²) in [5.41, 5.74) is 1.58. The first-order valence-electron chi connectivity index (χ1n) is 12.0. The highest BCUT2D eigenvalue weighted by atomic mass is 35.5. The Balaban J connectivity index is 1.34. The van der Waals surface area contributed by atoms with Crippen molar-refractivity contribution in [3.63, 3.8) is 0 Å². The largest absolute Gasteiger partial charge is 0.379 e. The first-order valence-corrected chi connectivity index (χ1v) is 13.4. The van der Waals surface area contributed by atoms with E-state index < -0.39 is 0 Å². The summed E-state index contributed by atoms with van der Waals surface area (Å²) in [5, 5.41) is 4.92. The molecular formula is C26H31ClN4O3S. The quantitative estimate of drug-likeness (QED) is 0.237. The summed E-state index contributed by atoms with van der Waals surface area (Å²) >= 11 is 7.80. The van der Waals surface area contributed by atoms with E-state index in [1.807, 2.05) is 42.5 Å². The van der Waals surface area contributed by atoms with Crippen molar-refractivity contribution >= 4 is 40.2 Å². The molecule has 4 rings (SSSR count). The molecule has 1 amide bonds. The van der Waals surface area contributed by atoms with Gasteiger partial charge in [-0.2, -0.15) is 0 Å². The molecule has 2 heterocycles. The van der Waals surface area contributed by atoms with E-state index in [9.17, 15) is 9.59 Å². The summed E-state index contributed by atoms with van der Waals surface area (Å²) in [6, 6.07) is 15.0. The van der Waals surface area contributed by atoms with Gasteiger partial charge in [0.25, 0.3) is 5.56 Å². The average molecular weight is 515 g/mol. The number of nitrogens with one attached hydrogen (secondary N) is 1. The summed E-state index contributed by atoms with van der Waals surface area (Å²) in [4.78, 5) is 32.7. The Morgan fingerprint density at radius 3 is 2.66 bits per heavy atom. The SMILES string of the molecule is O=C(CCCn1c(SCc2ccccc2Cl)nc2ccccc2c1=O)NCCCN1CCOCC1. The predicted octanol–water partition coefficient (Wildman–Crippen LogP) is 3.96. The molecule has 0 atom stereocenters. The van der Waals surface area contributed by atoms with Crippen molar-refractivity contribution < 1.29 is 9.53 Å². The molecule has 3 aromatic rings. The molecule has 0 spiro atoms. The lowest BCUT2D eigenvalue weighted by molar-refractivity contribution is -0.121. The summed E-state index contributed by atoms with van der Waals surface area (Å²) in [7, 11) is 0. The van der Waals surface area contributed by atoms with Crippen molar-refractivity contribution in [2.45, 2.75) is 36.7 Å². The Hall–Kier alpha value is -2.39. The van der Waals surface area contributed by atoms with Crippen molar-refractivity contribution in [1.29, 1.82) is 0 Å². The topological polar surface area (TPSA) is 76.5 Å². The highest BCUT2D eigenvalue weighted by Crippen LogP contribution is 2.26. The maximum Gasteiger partial charge on any atom is 0.262 e. The van der Waals surface area contributed by atoms with Gasteiger partial charge in [0.1, 0.15) is 0 Å². The van der Waals surface area contributed by atoms with Crippen LogP contribution in [-0.2, 0) is 21.8 Å². The number of hydrogen-bond acceptors (Lipinski definition) is 6. The minimum atomic E-state index is -0.0804. The maximum absolute atomic E-state index is 13.2. The Morgan fingerprint density at radius 1 is 1.06 bits per heavy atom. The molecule has 1 saturated heterocycles. The number of hydrogen-bond donors (Lipinski definition) is 1. The zero-order chi connectivity index (χ0) is 24.5. The fourth-order valence-corrected chi connectivity index (χ4v) is 5.37. The van der Waals surface area contributed by atoms with Crippen LogP contribution in [0.5, 0.6) is 0 Å². The van der Waals surface area contributed by atoms with Crippen LogP contribution in [0, 0.1) is 0 Å². The molecule has 1 aliphatic heterocycles. The van der Waals surface area contributed by atoms with E-state index in [1.165, 1.54) is 11.8 Å². The zero-order valence-corrected chi connectivity index (χ0v) is 21.3. The lowest BCUT2D eigenvalue weighted by Gasteiger charge is -2.26. The molecule has 0 bridgehead atoms. The van der Waals surface area contributed by atoms with Crippen molar-refractivity contribution in [2.24, 2.45) is 0 Å². The number of aromatic nitrogens is 2. The van der Waals surface area contributed by atoms with Gasteiger partial charge in [-0.05, 0) is 43.1 Å². The number of para-hydroxylation sites is 1. The minimum Gasteiger partial charge on any atom is -0.379 e. The van der Waals surface area contributed by atoms with Gasteiger partial charge in [-0.1, -0.05) is 53.7 Å². The van der Waals surface area contributed by atoms with Gasteiger partial charge in [-0.25, -0.2) is 4.98 Å².